The molecule has 1 N–H and O–H groups in total. The van der Waals surface area contributed by atoms with Gasteiger partial charge in [0.2, 0.25) is 11.8 Å². The number of nitrogens with one attached hydrogen (secondary N) is 1. The van der Waals surface area contributed by atoms with Gasteiger partial charge in [0.1, 0.15) is 0 Å². The van der Waals surface area contributed by atoms with Gasteiger partial charge in [0.25, 0.3) is 0 Å². The summed E-state index contributed by atoms with van der Waals surface area (Å²) in [6.07, 6.45) is 0.0733. The van der Waals surface area contributed by atoms with E-state index in [1.165, 1.54) is 0 Å². The number of rotatable bonds is 3. The van der Waals surface area contributed by atoms with Crippen LogP contribution in [0.4, 0.5) is 5.69 Å². The van der Waals surface area contributed by atoms with Crippen molar-refractivity contribution in [3.63, 3.8) is 0 Å². The summed E-state index contributed by atoms with van der Waals surface area (Å²) >= 11 is 5.80. The maximum Gasteiger partial charge on any atom is 0.232 e. The van der Waals surface area contributed by atoms with Crippen molar-refractivity contribution < 1.29 is 9.32 Å². The highest BCUT2D eigenvalue weighted by Gasteiger charge is 2.09. The minimum atomic E-state index is -0.215. The summed E-state index contributed by atoms with van der Waals surface area (Å²) in [6.45, 7) is 1.67. The number of halogens is 1. The number of carbonyl (C=O) groups excluding carboxylic acids is 1. The fourth-order valence-electron chi connectivity index (χ4n) is 1.33. The summed E-state index contributed by atoms with van der Waals surface area (Å²) in [7, 11) is 0. The Bertz CT molecular complexity index is 539. The van der Waals surface area contributed by atoms with E-state index in [1.54, 1.807) is 31.2 Å². The zero-order valence-corrected chi connectivity index (χ0v) is 9.86. The van der Waals surface area contributed by atoms with Gasteiger partial charge in [0, 0.05) is 17.6 Å². The summed E-state index contributed by atoms with van der Waals surface area (Å²) in [5, 5.41) is 6.91. The highest BCUT2D eigenvalue weighted by atomic mass is 35.5. The zero-order valence-electron chi connectivity index (χ0n) is 9.11. The molecule has 0 aliphatic carbocycles. The van der Waals surface area contributed by atoms with E-state index in [-0.39, 0.29) is 12.3 Å². The standard InChI is InChI=1S/C11H10ClN3O2/c1-7-13-10(15-17-7)6-11(16)14-9-4-2-3-8(12)5-9/h2-5H,6H2,1H3,(H,14,16). The van der Waals surface area contributed by atoms with Crippen LogP contribution in [0.25, 0.3) is 0 Å². The highest BCUT2D eigenvalue weighted by Crippen LogP contribution is 2.14. The van der Waals surface area contributed by atoms with Crippen LogP contribution in [-0.4, -0.2) is 16.0 Å². The van der Waals surface area contributed by atoms with Crippen molar-refractivity contribution >= 4 is 23.2 Å². The maximum atomic E-state index is 11.6. The fourth-order valence-corrected chi connectivity index (χ4v) is 1.52. The van der Waals surface area contributed by atoms with E-state index in [4.69, 9.17) is 16.1 Å². The lowest BCUT2D eigenvalue weighted by molar-refractivity contribution is -0.115. The number of carbonyl (C=O) groups is 1. The zero-order chi connectivity index (χ0) is 12.3. The normalized spacial score (nSPS) is 10.2. The Hall–Kier alpha value is -1.88. The first kappa shape index (κ1) is 11.6. The van der Waals surface area contributed by atoms with Gasteiger partial charge in [0.05, 0.1) is 6.42 Å². The van der Waals surface area contributed by atoms with Gasteiger partial charge in [0.15, 0.2) is 5.82 Å². The molecular formula is C11H10ClN3O2. The molecule has 0 saturated heterocycles. The first-order valence-corrected chi connectivity index (χ1v) is 5.36. The maximum absolute atomic E-state index is 11.6. The molecule has 17 heavy (non-hydrogen) atoms. The van der Waals surface area contributed by atoms with Crippen LogP contribution < -0.4 is 5.32 Å². The van der Waals surface area contributed by atoms with Crippen LogP contribution in [0.3, 0.4) is 0 Å². The molecule has 0 aliphatic rings. The lowest BCUT2D eigenvalue weighted by Gasteiger charge is -2.03. The smallest absolute Gasteiger partial charge is 0.232 e. The summed E-state index contributed by atoms with van der Waals surface area (Å²) in [5.41, 5.74) is 0.641. The average molecular weight is 252 g/mol. The summed E-state index contributed by atoms with van der Waals surface area (Å²) in [5.74, 6) is 0.589. The molecule has 1 aromatic carbocycles. The second-order valence-corrected chi connectivity index (χ2v) is 3.90. The van der Waals surface area contributed by atoms with E-state index in [2.05, 4.69) is 15.5 Å². The fraction of sp³-hybridized carbons (Fsp3) is 0.182. The Balaban J connectivity index is 1.98. The van der Waals surface area contributed by atoms with Gasteiger partial charge in [-0.3, -0.25) is 4.79 Å². The van der Waals surface area contributed by atoms with Crippen molar-refractivity contribution in [1.29, 1.82) is 0 Å². The molecule has 0 unspecified atom stereocenters. The molecule has 1 heterocycles. The molecule has 6 heteroatoms. The average Bonchev–Trinajstić information content (AvgIpc) is 2.63. The Kier molecular flexibility index (Phi) is 3.39. The number of aromatic nitrogens is 2. The van der Waals surface area contributed by atoms with Gasteiger partial charge in [-0.2, -0.15) is 4.98 Å². The Labute approximate surface area is 103 Å². The minimum absolute atomic E-state index is 0.0733. The second kappa shape index (κ2) is 4.97. The quantitative estimate of drug-likeness (QED) is 0.908. The molecule has 2 rings (SSSR count). The lowest BCUT2D eigenvalue weighted by atomic mass is 10.3. The monoisotopic (exact) mass is 251 g/mol. The van der Waals surface area contributed by atoms with Crippen LogP contribution in [0.2, 0.25) is 5.02 Å². The van der Waals surface area contributed by atoms with Crippen molar-refractivity contribution in [3.8, 4) is 0 Å². The number of benzene rings is 1. The molecule has 1 aromatic heterocycles. The minimum Gasteiger partial charge on any atom is -0.340 e. The van der Waals surface area contributed by atoms with E-state index in [0.29, 0.717) is 22.4 Å². The molecule has 5 nitrogen and oxygen atoms in total. The van der Waals surface area contributed by atoms with Gasteiger partial charge in [-0.1, -0.05) is 22.8 Å². The van der Waals surface area contributed by atoms with Gasteiger partial charge in [-0.05, 0) is 18.2 Å². The van der Waals surface area contributed by atoms with Crippen molar-refractivity contribution in [1.82, 2.24) is 10.1 Å². The predicted octanol–water partition coefficient (Wildman–Crippen LogP) is 2.21. The number of hydrogen-bond donors (Lipinski definition) is 1. The van der Waals surface area contributed by atoms with E-state index >= 15 is 0 Å². The number of hydrogen-bond acceptors (Lipinski definition) is 4. The van der Waals surface area contributed by atoms with E-state index in [0.717, 1.165) is 0 Å². The summed E-state index contributed by atoms with van der Waals surface area (Å²) in [6, 6.07) is 6.92. The first-order valence-electron chi connectivity index (χ1n) is 4.98. The summed E-state index contributed by atoms with van der Waals surface area (Å²) < 4.78 is 4.77. The molecule has 1 amide bonds. The molecule has 2 aromatic rings. The molecule has 0 atom stereocenters. The van der Waals surface area contributed by atoms with E-state index < -0.39 is 0 Å². The Morgan fingerprint density at radius 3 is 3.00 bits per heavy atom. The summed E-state index contributed by atoms with van der Waals surface area (Å²) in [4.78, 5) is 15.6. The van der Waals surface area contributed by atoms with Crippen molar-refractivity contribution in [2.75, 3.05) is 5.32 Å². The highest BCUT2D eigenvalue weighted by molar-refractivity contribution is 6.30. The third-order valence-electron chi connectivity index (χ3n) is 2.00. The van der Waals surface area contributed by atoms with Crippen molar-refractivity contribution in [3.05, 3.63) is 41.0 Å². The molecule has 0 radical (unpaired) electrons. The SMILES string of the molecule is Cc1nc(CC(=O)Nc2cccc(Cl)c2)no1. The third-order valence-corrected chi connectivity index (χ3v) is 2.23. The van der Waals surface area contributed by atoms with Gasteiger partial charge in [-0.15, -0.1) is 0 Å². The molecule has 0 bridgehead atoms. The number of aryl methyl sites for hydroxylation is 1. The topological polar surface area (TPSA) is 68.0 Å². The molecule has 88 valence electrons. The van der Waals surface area contributed by atoms with Gasteiger partial charge >= 0.3 is 0 Å². The first-order chi connectivity index (χ1) is 8.13. The van der Waals surface area contributed by atoms with Crippen LogP contribution in [0, 0.1) is 6.92 Å². The molecular weight excluding hydrogens is 242 g/mol. The number of amides is 1. The molecule has 0 aliphatic heterocycles. The van der Waals surface area contributed by atoms with Gasteiger partial charge in [-0.25, -0.2) is 0 Å². The van der Waals surface area contributed by atoms with E-state index in [9.17, 15) is 4.79 Å². The van der Waals surface area contributed by atoms with Crippen LogP contribution >= 0.6 is 11.6 Å². The predicted molar refractivity (Wildman–Crippen MR) is 62.8 cm³/mol. The van der Waals surface area contributed by atoms with Gasteiger partial charge < -0.3 is 9.84 Å². The van der Waals surface area contributed by atoms with Crippen molar-refractivity contribution in [2.45, 2.75) is 13.3 Å². The second-order valence-electron chi connectivity index (χ2n) is 3.46. The molecule has 0 saturated carbocycles. The largest absolute Gasteiger partial charge is 0.340 e. The number of nitrogens with zero attached hydrogens (tertiary/aromatic N) is 2. The van der Waals surface area contributed by atoms with Crippen LogP contribution in [0.1, 0.15) is 11.7 Å². The van der Waals surface area contributed by atoms with E-state index in [1.807, 2.05) is 0 Å². The third kappa shape index (κ3) is 3.29. The van der Waals surface area contributed by atoms with Crippen LogP contribution in [-0.2, 0) is 11.2 Å². The molecule has 0 fully saturated rings. The Morgan fingerprint density at radius 2 is 2.35 bits per heavy atom. The number of anilines is 1. The van der Waals surface area contributed by atoms with Crippen molar-refractivity contribution in [2.24, 2.45) is 0 Å². The van der Waals surface area contributed by atoms with Crippen LogP contribution in [0.15, 0.2) is 28.8 Å². The lowest BCUT2D eigenvalue weighted by Crippen LogP contribution is -2.15. The van der Waals surface area contributed by atoms with Crippen LogP contribution in [0.5, 0.6) is 0 Å². The Morgan fingerprint density at radius 1 is 1.53 bits per heavy atom. The molecule has 0 spiro atoms.